The minimum atomic E-state index is -0.678. The van der Waals surface area contributed by atoms with E-state index < -0.39 is 24.1 Å². The molecule has 10 heteroatoms. The van der Waals surface area contributed by atoms with E-state index in [-0.39, 0.29) is 35.4 Å². The maximum Gasteiger partial charge on any atom is 0.265 e. The molecule has 182 valence electrons. The number of ether oxygens (including phenoxy) is 2. The number of carbonyl (C=O) groups is 3. The van der Waals surface area contributed by atoms with Gasteiger partial charge in [-0.1, -0.05) is 25.4 Å². The van der Waals surface area contributed by atoms with Crippen LogP contribution in [0.4, 0.5) is 10.1 Å². The van der Waals surface area contributed by atoms with E-state index >= 15 is 0 Å². The van der Waals surface area contributed by atoms with E-state index in [1.807, 2.05) is 13.8 Å². The van der Waals surface area contributed by atoms with Gasteiger partial charge in [-0.05, 0) is 49.5 Å². The van der Waals surface area contributed by atoms with E-state index in [9.17, 15) is 18.8 Å². The highest BCUT2D eigenvalue weighted by Crippen LogP contribution is 2.33. The summed E-state index contributed by atoms with van der Waals surface area (Å²) >= 11 is 5.72. The standard InChI is InChI=1S/C24H27ClFN3O5/c1-3-28(4-2)10-9-27-23(31)13-29-19-11-16(5-7-22(19)34-15-24(29)32)20(30)14-33-21-8-6-17(25)12-18(21)26/h5-8,11-12H,3-4,9-10,13-15H2,1-2H3,(H,27,31). The first kappa shape index (κ1) is 25.5. The van der Waals surface area contributed by atoms with Crippen LogP contribution in [0.2, 0.25) is 5.02 Å². The third-order valence-electron chi connectivity index (χ3n) is 5.42. The average molecular weight is 492 g/mol. The first-order valence-electron chi connectivity index (χ1n) is 11.0. The normalized spacial score (nSPS) is 12.9. The summed E-state index contributed by atoms with van der Waals surface area (Å²) in [7, 11) is 0. The summed E-state index contributed by atoms with van der Waals surface area (Å²) in [6.07, 6.45) is 0. The van der Waals surface area contributed by atoms with E-state index in [0.717, 1.165) is 19.2 Å². The summed E-state index contributed by atoms with van der Waals surface area (Å²) in [5.41, 5.74) is 0.553. The number of benzene rings is 2. The highest BCUT2D eigenvalue weighted by atomic mass is 35.5. The van der Waals surface area contributed by atoms with Gasteiger partial charge in [0.05, 0.1) is 5.69 Å². The first-order valence-corrected chi connectivity index (χ1v) is 11.4. The lowest BCUT2D eigenvalue weighted by molar-refractivity contribution is -0.125. The highest BCUT2D eigenvalue weighted by molar-refractivity contribution is 6.30. The van der Waals surface area contributed by atoms with Crippen LogP contribution in [0.5, 0.6) is 11.5 Å². The Morgan fingerprint density at radius 1 is 1.21 bits per heavy atom. The van der Waals surface area contributed by atoms with Crippen molar-refractivity contribution in [1.82, 2.24) is 10.2 Å². The van der Waals surface area contributed by atoms with Gasteiger partial charge < -0.3 is 19.7 Å². The van der Waals surface area contributed by atoms with Crippen LogP contribution < -0.4 is 19.7 Å². The van der Waals surface area contributed by atoms with E-state index in [1.54, 1.807) is 6.07 Å². The molecule has 0 saturated carbocycles. The summed E-state index contributed by atoms with van der Waals surface area (Å²) in [5, 5.41) is 3.03. The zero-order valence-electron chi connectivity index (χ0n) is 19.1. The molecule has 8 nitrogen and oxygen atoms in total. The fourth-order valence-corrected chi connectivity index (χ4v) is 3.62. The van der Waals surface area contributed by atoms with Gasteiger partial charge in [0.1, 0.15) is 12.3 Å². The first-order chi connectivity index (χ1) is 16.3. The van der Waals surface area contributed by atoms with Gasteiger partial charge in [0.15, 0.2) is 30.6 Å². The maximum atomic E-state index is 13.9. The molecule has 3 rings (SSSR count). The van der Waals surface area contributed by atoms with Gasteiger partial charge in [0, 0.05) is 23.7 Å². The molecule has 1 N–H and O–H groups in total. The van der Waals surface area contributed by atoms with Crippen molar-refractivity contribution >= 4 is 34.9 Å². The summed E-state index contributed by atoms with van der Waals surface area (Å²) in [6, 6.07) is 8.44. The molecule has 0 spiro atoms. The number of ketones is 1. The zero-order chi connectivity index (χ0) is 24.7. The largest absolute Gasteiger partial charge is 0.482 e. The summed E-state index contributed by atoms with van der Waals surface area (Å²) in [5.74, 6) is -1.53. The molecule has 34 heavy (non-hydrogen) atoms. The number of fused-ring (bicyclic) bond motifs is 1. The predicted octanol–water partition coefficient (Wildman–Crippen LogP) is 2.92. The van der Waals surface area contributed by atoms with Gasteiger partial charge in [0.25, 0.3) is 5.91 Å². The van der Waals surface area contributed by atoms with Crippen molar-refractivity contribution < 1.29 is 28.2 Å². The lowest BCUT2D eigenvalue weighted by Gasteiger charge is -2.29. The molecule has 1 aliphatic heterocycles. The maximum absolute atomic E-state index is 13.9. The quantitative estimate of drug-likeness (QED) is 0.486. The lowest BCUT2D eigenvalue weighted by atomic mass is 10.1. The number of halogens is 2. The molecule has 0 radical (unpaired) electrons. The van der Waals surface area contributed by atoms with Gasteiger partial charge in [-0.15, -0.1) is 0 Å². The van der Waals surface area contributed by atoms with Crippen molar-refractivity contribution in [2.75, 3.05) is 50.8 Å². The van der Waals surface area contributed by atoms with Crippen LogP contribution in [0, 0.1) is 5.82 Å². The Bertz CT molecular complexity index is 1060. The van der Waals surface area contributed by atoms with E-state index in [2.05, 4.69) is 10.2 Å². The number of hydrogen-bond acceptors (Lipinski definition) is 6. The summed E-state index contributed by atoms with van der Waals surface area (Å²) in [4.78, 5) is 41.1. The Labute approximate surface area is 202 Å². The molecule has 0 saturated heterocycles. The third-order valence-corrected chi connectivity index (χ3v) is 5.66. The molecule has 0 unspecified atom stereocenters. The molecule has 0 atom stereocenters. The number of likely N-dealkylation sites (N-methyl/N-ethyl adjacent to an activating group) is 1. The Morgan fingerprint density at radius 3 is 2.68 bits per heavy atom. The second-order valence-corrected chi connectivity index (χ2v) is 8.05. The molecule has 2 aromatic rings. The number of nitrogens with zero attached hydrogens (tertiary/aromatic N) is 2. The van der Waals surface area contributed by atoms with Crippen molar-refractivity contribution in [3.63, 3.8) is 0 Å². The SMILES string of the molecule is CCN(CC)CCNC(=O)CN1C(=O)COc2ccc(C(=O)COc3ccc(Cl)cc3F)cc21. The molecule has 0 aliphatic carbocycles. The van der Waals surface area contributed by atoms with Gasteiger partial charge in [-0.2, -0.15) is 0 Å². The van der Waals surface area contributed by atoms with Crippen molar-refractivity contribution in [2.24, 2.45) is 0 Å². The van der Waals surface area contributed by atoms with Crippen LogP contribution in [0.1, 0.15) is 24.2 Å². The molecular weight excluding hydrogens is 465 g/mol. The van der Waals surface area contributed by atoms with Crippen LogP contribution in [0.3, 0.4) is 0 Å². The van der Waals surface area contributed by atoms with Crippen LogP contribution in [-0.2, 0) is 9.59 Å². The van der Waals surface area contributed by atoms with Crippen molar-refractivity contribution in [3.8, 4) is 11.5 Å². The van der Waals surface area contributed by atoms with Crippen molar-refractivity contribution in [1.29, 1.82) is 0 Å². The molecule has 0 bridgehead atoms. The van der Waals surface area contributed by atoms with Gasteiger partial charge in [-0.3, -0.25) is 19.3 Å². The molecule has 1 heterocycles. The Hall–Kier alpha value is -3.17. The zero-order valence-corrected chi connectivity index (χ0v) is 19.9. The van der Waals surface area contributed by atoms with E-state index in [1.165, 1.54) is 29.2 Å². The molecule has 2 amide bonds. The predicted molar refractivity (Wildman–Crippen MR) is 126 cm³/mol. The molecule has 2 aromatic carbocycles. The Balaban J connectivity index is 1.66. The Kier molecular flexibility index (Phi) is 8.84. The number of nitrogens with one attached hydrogen (secondary N) is 1. The van der Waals surface area contributed by atoms with Crippen LogP contribution in [0.15, 0.2) is 36.4 Å². The molecule has 0 fully saturated rings. The average Bonchev–Trinajstić information content (AvgIpc) is 2.82. The summed E-state index contributed by atoms with van der Waals surface area (Å²) in [6.45, 7) is 6.21. The number of rotatable bonds is 11. The molecular formula is C24H27ClFN3O5. The topological polar surface area (TPSA) is 88.2 Å². The smallest absolute Gasteiger partial charge is 0.265 e. The van der Waals surface area contributed by atoms with Crippen LogP contribution in [0.25, 0.3) is 0 Å². The van der Waals surface area contributed by atoms with Gasteiger partial charge in [0.2, 0.25) is 5.91 Å². The third kappa shape index (κ3) is 6.45. The van der Waals surface area contributed by atoms with E-state index in [4.69, 9.17) is 21.1 Å². The van der Waals surface area contributed by atoms with Crippen LogP contribution in [-0.4, -0.2) is 68.4 Å². The minimum absolute atomic E-state index is 0.0998. The van der Waals surface area contributed by atoms with Crippen molar-refractivity contribution in [2.45, 2.75) is 13.8 Å². The second kappa shape index (κ2) is 11.8. The minimum Gasteiger partial charge on any atom is -0.482 e. The monoisotopic (exact) mass is 491 g/mol. The second-order valence-electron chi connectivity index (χ2n) is 7.61. The number of hydrogen-bond donors (Lipinski definition) is 1. The number of carbonyl (C=O) groups excluding carboxylic acids is 3. The van der Waals surface area contributed by atoms with E-state index in [0.29, 0.717) is 24.5 Å². The highest BCUT2D eigenvalue weighted by Gasteiger charge is 2.28. The summed E-state index contributed by atoms with van der Waals surface area (Å²) < 4.78 is 24.6. The number of Topliss-reactive ketones (excluding diaryl/α,β-unsaturated/α-hetero) is 1. The Morgan fingerprint density at radius 2 is 1.97 bits per heavy atom. The van der Waals surface area contributed by atoms with Gasteiger partial charge in [-0.25, -0.2) is 4.39 Å². The lowest BCUT2D eigenvalue weighted by Crippen LogP contribution is -2.46. The van der Waals surface area contributed by atoms with Gasteiger partial charge >= 0.3 is 0 Å². The fraction of sp³-hybridized carbons (Fsp3) is 0.375. The van der Waals surface area contributed by atoms with Crippen molar-refractivity contribution in [3.05, 3.63) is 52.8 Å². The number of amides is 2. The molecule has 0 aromatic heterocycles. The van der Waals surface area contributed by atoms with Crippen LogP contribution >= 0.6 is 11.6 Å². The fourth-order valence-electron chi connectivity index (χ4n) is 3.46. The number of anilines is 1. The molecule has 1 aliphatic rings.